The largest absolute Gasteiger partial charge is 0.478 e. The third-order valence-corrected chi connectivity index (χ3v) is 4.98. The van der Waals surface area contributed by atoms with E-state index in [1.807, 2.05) is 0 Å². The zero-order valence-corrected chi connectivity index (χ0v) is 15.6. The Morgan fingerprint density at radius 3 is 2.38 bits per heavy atom. The fourth-order valence-corrected chi connectivity index (χ4v) is 3.45. The summed E-state index contributed by atoms with van der Waals surface area (Å²) in [6, 6.07) is 5.05. The Balaban J connectivity index is 0.000000224. The maximum atomic E-state index is 9.55. The lowest BCUT2D eigenvalue weighted by atomic mass is 9.89. The van der Waals surface area contributed by atoms with Gasteiger partial charge in [-0.1, -0.05) is 0 Å². The second-order valence-electron chi connectivity index (χ2n) is 5.80. The number of aromatic amines is 1. The van der Waals surface area contributed by atoms with Crippen molar-refractivity contribution in [1.29, 1.82) is 0 Å². The standard InChI is InChI=1S/C13H15IN2.C4H4O4/c1-16(2)9-5-8-7-15-12-4-3-11(14)10(6-9)13(8)12;5-3(6)1-2-4(7)8/h3-4,7,9,15H,5-6H2,1-2H3;1-2H,(H,5,6)(H,7,8)/b;2-1-. The molecule has 0 saturated heterocycles. The maximum Gasteiger partial charge on any atom is 0.328 e. The van der Waals surface area contributed by atoms with Crippen LogP contribution in [0, 0.1) is 3.57 Å². The number of likely N-dealkylation sites (N-methyl/N-ethyl adjacent to an activating group) is 1. The molecule has 128 valence electrons. The van der Waals surface area contributed by atoms with Gasteiger partial charge in [0.15, 0.2) is 0 Å². The molecule has 3 N–H and O–H groups in total. The number of aliphatic carboxylic acids is 2. The van der Waals surface area contributed by atoms with Gasteiger partial charge in [0.1, 0.15) is 0 Å². The topological polar surface area (TPSA) is 93.6 Å². The Morgan fingerprint density at radius 1 is 1.21 bits per heavy atom. The van der Waals surface area contributed by atoms with Crippen LogP contribution in [0.3, 0.4) is 0 Å². The van der Waals surface area contributed by atoms with Crippen LogP contribution >= 0.6 is 22.6 Å². The van der Waals surface area contributed by atoms with E-state index in [0.29, 0.717) is 18.2 Å². The Labute approximate surface area is 153 Å². The molecular formula is C17H19IN2O4. The SMILES string of the molecule is CN(C)C1Cc2c[nH]c3ccc(I)c(c23)C1.O=C(O)/C=C\C(=O)O. The predicted molar refractivity (Wildman–Crippen MR) is 100 cm³/mol. The molecule has 1 atom stereocenters. The number of nitrogens with one attached hydrogen (secondary N) is 1. The summed E-state index contributed by atoms with van der Waals surface area (Å²) in [6.07, 6.45) is 5.64. The molecule has 1 heterocycles. The number of halogens is 1. The van der Waals surface area contributed by atoms with Crippen molar-refractivity contribution in [1.82, 2.24) is 9.88 Å². The van der Waals surface area contributed by atoms with Crippen molar-refractivity contribution in [3.05, 3.63) is 45.2 Å². The zero-order valence-electron chi connectivity index (χ0n) is 13.4. The molecule has 6 nitrogen and oxygen atoms in total. The summed E-state index contributed by atoms with van der Waals surface area (Å²) >= 11 is 2.46. The average Bonchev–Trinajstić information content (AvgIpc) is 2.93. The van der Waals surface area contributed by atoms with Crippen LogP contribution in [0.2, 0.25) is 0 Å². The minimum Gasteiger partial charge on any atom is -0.478 e. The van der Waals surface area contributed by atoms with Crippen molar-refractivity contribution in [3.63, 3.8) is 0 Å². The van der Waals surface area contributed by atoms with E-state index in [2.05, 4.69) is 64.9 Å². The molecule has 0 amide bonds. The van der Waals surface area contributed by atoms with E-state index >= 15 is 0 Å². The van der Waals surface area contributed by atoms with Gasteiger partial charge in [-0.15, -0.1) is 0 Å². The van der Waals surface area contributed by atoms with E-state index in [1.165, 1.54) is 38.4 Å². The Bertz CT molecular complexity index is 779. The van der Waals surface area contributed by atoms with Crippen LogP contribution in [0.4, 0.5) is 0 Å². The average molecular weight is 442 g/mol. The summed E-state index contributed by atoms with van der Waals surface area (Å²) in [7, 11) is 4.35. The fraction of sp³-hybridized carbons (Fsp3) is 0.294. The van der Waals surface area contributed by atoms with Gasteiger partial charge in [-0.05, 0) is 72.8 Å². The number of aromatic nitrogens is 1. The summed E-state index contributed by atoms with van der Waals surface area (Å²) < 4.78 is 1.40. The number of rotatable bonds is 3. The third-order valence-electron chi connectivity index (χ3n) is 3.97. The molecule has 0 radical (unpaired) electrons. The highest BCUT2D eigenvalue weighted by molar-refractivity contribution is 14.1. The van der Waals surface area contributed by atoms with E-state index in [9.17, 15) is 9.59 Å². The van der Waals surface area contributed by atoms with Gasteiger partial charge in [0.25, 0.3) is 0 Å². The normalized spacial score (nSPS) is 16.2. The highest BCUT2D eigenvalue weighted by atomic mass is 127. The van der Waals surface area contributed by atoms with Crippen molar-refractivity contribution < 1.29 is 19.8 Å². The minimum atomic E-state index is -1.26. The van der Waals surface area contributed by atoms with Crippen LogP contribution in [-0.4, -0.2) is 52.2 Å². The maximum absolute atomic E-state index is 9.55. The van der Waals surface area contributed by atoms with Gasteiger partial charge < -0.3 is 20.1 Å². The number of hydrogen-bond donors (Lipinski definition) is 3. The highest BCUT2D eigenvalue weighted by Gasteiger charge is 2.24. The first-order valence-corrected chi connectivity index (χ1v) is 8.45. The molecule has 0 saturated carbocycles. The molecule has 0 spiro atoms. The molecule has 2 aromatic rings. The lowest BCUT2D eigenvalue weighted by molar-refractivity contribution is -0.134. The third kappa shape index (κ3) is 4.35. The molecule has 1 aromatic carbocycles. The number of hydrogen-bond acceptors (Lipinski definition) is 3. The molecule has 3 rings (SSSR count). The summed E-state index contributed by atoms with van der Waals surface area (Å²) in [5.74, 6) is -2.51. The van der Waals surface area contributed by atoms with Crippen molar-refractivity contribution in [2.75, 3.05) is 14.1 Å². The molecule has 7 heteroatoms. The zero-order chi connectivity index (χ0) is 17.9. The predicted octanol–water partition coefficient (Wildman–Crippen LogP) is 2.51. The van der Waals surface area contributed by atoms with Crippen molar-refractivity contribution in [2.24, 2.45) is 0 Å². The Morgan fingerprint density at radius 2 is 1.83 bits per heavy atom. The summed E-state index contributed by atoms with van der Waals surface area (Å²) in [4.78, 5) is 24.8. The number of carbonyl (C=O) groups is 2. The first kappa shape index (κ1) is 18.5. The molecule has 1 unspecified atom stereocenters. The second kappa shape index (κ2) is 7.80. The van der Waals surface area contributed by atoms with Crippen LogP contribution in [0.1, 0.15) is 11.1 Å². The molecule has 0 fully saturated rings. The van der Waals surface area contributed by atoms with Crippen LogP contribution in [0.25, 0.3) is 10.9 Å². The van der Waals surface area contributed by atoms with Gasteiger partial charge in [0, 0.05) is 38.9 Å². The van der Waals surface area contributed by atoms with Crippen molar-refractivity contribution in [2.45, 2.75) is 18.9 Å². The number of carboxylic acid groups (broad SMARTS) is 2. The minimum absolute atomic E-state index is 0.558. The number of nitrogens with zero attached hydrogens (tertiary/aromatic N) is 1. The molecule has 0 bridgehead atoms. The van der Waals surface area contributed by atoms with E-state index in [1.54, 1.807) is 0 Å². The highest BCUT2D eigenvalue weighted by Crippen LogP contribution is 2.33. The van der Waals surface area contributed by atoms with Crippen LogP contribution in [0.5, 0.6) is 0 Å². The van der Waals surface area contributed by atoms with E-state index < -0.39 is 11.9 Å². The number of benzene rings is 1. The Kier molecular flexibility index (Phi) is 6.00. The number of carboxylic acids is 2. The fourth-order valence-electron chi connectivity index (χ4n) is 2.78. The van der Waals surface area contributed by atoms with Crippen LogP contribution in [-0.2, 0) is 22.4 Å². The van der Waals surface area contributed by atoms with E-state index in [0.717, 1.165) is 0 Å². The van der Waals surface area contributed by atoms with Gasteiger partial charge in [-0.2, -0.15) is 0 Å². The summed E-state index contributed by atoms with van der Waals surface area (Å²) in [5, 5.41) is 17.1. The molecule has 1 aliphatic carbocycles. The smallest absolute Gasteiger partial charge is 0.328 e. The molecule has 0 aliphatic heterocycles. The summed E-state index contributed by atoms with van der Waals surface area (Å²) in [6.45, 7) is 0. The van der Waals surface area contributed by atoms with Gasteiger partial charge in [0.05, 0.1) is 0 Å². The summed E-state index contributed by atoms with van der Waals surface area (Å²) in [5.41, 5.74) is 4.30. The number of H-pyrrole nitrogens is 1. The van der Waals surface area contributed by atoms with Crippen LogP contribution in [0.15, 0.2) is 30.5 Å². The molecule has 24 heavy (non-hydrogen) atoms. The molecule has 1 aromatic heterocycles. The van der Waals surface area contributed by atoms with Gasteiger partial charge in [-0.25, -0.2) is 9.59 Å². The van der Waals surface area contributed by atoms with Gasteiger partial charge in [-0.3, -0.25) is 0 Å². The van der Waals surface area contributed by atoms with E-state index in [-0.39, 0.29) is 0 Å². The van der Waals surface area contributed by atoms with Gasteiger partial charge in [0.2, 0.25) is 0 Å². The quantitative estimate of drug-likeness (QED) is 0.502. The lowest BCUT2D eigenvalue weighted by Gasteiger charge is -2.29. The molecular weight excluding hydrogens is 423 g/mol. The van der Waals surface area contributed by atoms with Gasteiger partial charge >= 0.3 is 11.9 Å². The van der Waals surface area contributed by atoms with Crippen molar-refractivity contribution in [3.8, 4) is 0 Å². The second-order valence-corrected chi connectivity index (χ2v) is 6.96. The lowest BCUT2D eigenvalue weighted by Crippen LogP contribution is -2.34. The van der Waals surface area contributed by atoms with E-state index in [4.69, 9.17) is 10.2 Å². The first-order chi connectivity index (χ1) is 11.3. The molecule has 1 aliphatic rings. The van der Waals surface area contributed by atoms with Crippen molar-refractivity contribution >= 4 is 45.4 Å². The first-order valence-electron chi connectivity index (χ1n) is 7.37. The Hall–Kier alpha value is -1.87. The van der Waals surface area contributed by atoms with Crippen LogP contribution < -0.4 is 0 Å². The monoisotopic (exact) mass is 442 g/mol.